The monoisotopic (exact) mass is 320 g/mol. The summed E-state index contributed by atoms with van der Waals surface area (Å²) in [7, 11) is 0. The van der Waals surface area contributed by atoms with Crippen LogP contribution in [0.1, 0.15) is 11.1 Å². The number of halogens is 1. The van der Waals surface area contributed by atoms with Gasteiger partial charge in [0.05, 0.1) is 0 Å². The number of hydrogen-bond acceptors (Lipinski definition) is 3. The molecule has 1 aliphatic rings. The summed E-state index contributed by atoms with van der Waals surface area (Å²) in [6.45, 7) is 0.769. The Labute approximate surface area is 120 Å². The van der Waals surface area contributed by atoms with Crippen LogP contribution >= 0.6 is 15.9 Å². The molecule has 2 aromatic carbocycles. The van der Waals surface area contributed by atoms with Gasteiger partial charge in [0.15, 0.2) is 11.5 Å². The summed E-state index contributed by atoms with van der Waals surface area (Å²) in [6, 6.07) is 14.0. The zero-order valence-electron chi connectivity index (χ0n) is 10.3. The predicted octanol–water partition coefficient (Wildman–Crippen LogP) is 3.89. The van der Waals surface area contributed by atoms with Crippen LogP contribution in [-0.4, -0.2) is 6.79 Å². The van der Waals surface area contributed by atoms with Crippen molar-refractivity contribution in [2.24, 2.45) is 0 Å². The van der Waals surface area contributed by atoms with Gasteiger partial charge < -0.3 is 14.2 Å². The van der Waals surface area contributed by atoms with E-state index < -0.39 is 0 Å². The molecule has 98 valence electrons. The third-order valence-corrected chi connectivity index (χ3v) is 3.54. The Kier molecular flexibility index (Phi) is 3.60. The van der Waals surface area contributed by atoms with Gasteiger partial charge in [0.25, 0.3) is 0 Å². The first-order chi connectivity index (χ1) is 9.36. The number of hydrogen-bond donors (Lipinski definition) is 0. The van der Waals surface area contributed by atoms with Crippen LogP contribution in [0.15, 0.2) is 42.5 Å². The van der Waals surface area contributed by atoms with E-state index in [-0.39, 0.29) is 6.79 Å². The maximum absolute atomic E-state index is 5.85. The van der Waals surface area contributed by atoms with Gasteiger partial charge in [0.2, 0.25) is 12.5 Å². The van der Waals surface area contributed by atoms with Crippen molar-refractivity contribution in [3.63, 3.8) is 0 Å². The highest BCUT2D eigenvalue weighted by molar-refractivity contribution is 9.08. The van der Waals surface area contributed by atoms with Crippen LogP contribution in [0, 0.1) is 0 Å². The first-order valence-corrected chi connectivity index (χ1v) is 7.14. The summed E-state index contributed by atoms with van der Waals surface area (Å²) in [5.74, 6) is 2.17. The van der Waals surface area contributed by atoms with E-state index in [0.717, 1.165) is 28.0 Å². The van der Waals surface area contributed by atoms with Crippen LogP contribution in [0.5, 0.6) is 17.2 Å². The Hall–Kier alpha value is -1.68. The molecule has 0 atom stereocenters. The molecule has 0 aromatic heterocycles. The van der Waals surface area contributed by atoms with E-state index in [9.17, 15) is 0 Å². The highest BCUT2D eigenvalue weighted by Gasteiger charge is 2.20. The molecule has 3 nitrogen and oxygen atoms in total. The van der Waals surface area contributed by atoms with Gasteiger partial charge in [-0.05, 0) is 23.3 Å². The molecule has 0 bridgehead atoms. The Bertz CT molecular complexity index is 569. The molecule has 3 rings (SSSR count). The van der Waals surface area contributed by atoms with Gasteiger partial charge >= 0.3 is 0 Å². The molecule has 0 spiro atoms. The molecule has 1 heterocycles. The number of fused-ring (bicyclic) bond motifs is 1. The summed E-state index contributed by atoms with van der Waals surface area (Å²) in [6.07, 6.45) is 0. The third kappa shape index (κ3) is 2.68. The number of ether oxygens (including phenoxy) is 3. The average molecular weight is 321 g/mol. The summed E-state index contributed by atoms with van der Waals surface area (Å²) in [5.41, 5.74) is 2.23. The Morgan fingerprint density at radius 1 is 1.05 bits per heavy atom. The van der Waals surface area contributed by atoms with Crippen molar-refractivity contribution in [1.29, 1.82) is 0 Å². The SMILES string of the molecule is BrCc1cc2c(c(OCc3ccccc3)c1)OCO2. The molecule has 0 N–H and O–H groups in total. The van der Waals surface area contributed by atoms with Crippen LogP contribution in [0.2, 0.25) is 0 Å². The van der Waals surface area contributed by atoms with E-state index in [4.69, 9.17) is 14.2 Å². The second-order valence-electron chi connectivity index (χ2n) is 4.24. The molecule has 4 heteroatoms. The van der Waals surface area contributed by atoms with Gasteiger partial charge in [-0.1, -0.05) is 46.3 Å². The van der Waals surface area contributed by atoms with Crippen molar-refractivity contribution < 1.29 is 14.2 Å². The molecular formula is C15H13BrO3. The summed E-state index contributed by atoms with van der Waals surface area (Å²) >= 11 is 3.44. The van der Waals surface area contributed by atoms with Gasteiger partial charge in [-0.15, -0.1) is 0 Å². The van der Waals surface area contributed by atoms with E-state index in [1.54, 1.807) is 0 Å². The van der Waals surface area contributed by atoms with Gasteiger partial charge in [0.1, 0.15) is 6.61 Å². The van der Waals surface area contributed by atoms with E-state index in [2.05, 4.69) is 15.9 Å². The number of rotatable bonds is 4. The first kappa shape index (κ1) is 12.4. The van der Waals surface area contributed by atoms with E-state index in [1.807, 2.05) is 42.5 Å². The van der Waals surface area contributed by atoms with Gasteiger partial charge in [-0.3, -0.25) is 0 Å². The minimum atomic E-state index is 0.253. The predicted molar refractivity (Wildman–Crippen MR) is 76.0 cm³/mol. The van der Waals surface area contributed by atoms with Crippen molar-refractivity contribution in [2.45, 2.75) is 11.9 Å². The van der Waals surface area contributed by atoms with Crippen LogP contribution in [-0.2, 0) is 11.9 Å². The zero-order chi connectivity index (χ0) is 13.1. The van der Waals surface area contributed by atoms with E-state index in [1.165, 1.54) is 0 Å². The third-order valence-electron chi connectivity index (χ3n) is 2.89. The number of benzene rings is 2. The topological polar surface area (TPSA) is 27.7 Å². The van der Waals surface area contributed by atoms with Gasteiger partial charge in [-0.25, -0.2) is 0 Å². The molecular weight excluding hydrogens is 308 g/mol. The Morgan fingerprint density at radius 3 is 2.68 bits per heavy atom. The van der Waals surface area contributed by atoms with Crippen molar-refractivity contribution in [2.75, 3.05) is 6.79 Å². The molecule has 0 unspecified atom stereocenters. The minimum Gasteiger partial charge on any atom is -0.485 e. The summed E-state index contributed by atoms with van der Waals surface area (Å²) < 4.78 is 16.7. The maximum atomic E-state index is 5.85. The van der Waals surface area contributed by atoms with Gasteiger partial charge in [-0.2, -0.15) is 0 Å². The Morgan fingerprint density at radius 2 is 1.89 bits per heavy atom. The number of alkyl halides is 1. The second-order valence-corrected chi connectivity index (χ2v) is 4.80. The fraction of sp³-hybridized carbons (Fsp3) is 0.200. The van der Waals surface area contributed by atoms with Gasteiger partial charge in [0, 0.05) is 5.33 Å². The average Bonchev–Trinajstić information content (AvgIpc) is 2.94. The maximum Gasteiger partial charge on any atom is 0.231 e. The first-order valence-electron chi connectivity index (χ1n) is 6.02. The molecule has 0 fully saturated rings. The fourth-order valence-electron chi connectivity index (χ4n) is 1.95. The normalized spacial score (nSPS) is 12.5. The molecule has 0 amide bonds. The lowest BCUT2D eigenvalue weighted by Gasteiger charge is -2.10. The molecule has 0 aliphatic carbocycles. The smallest absolute Gasteiger partial charge is 0.231 e. The lowest BCUT2D eigenvalue weighted by Crippen LogP contribution is -1.97. The highest BCUT2D eigenvalue weighted by Crippen LogP contribution is 2.42. The van der Waals surface area contributed by atoms with Crippen LogP contribution in [0.25, 0.3) is 0 Å². The van der Waals surface area contributed by atoms with Crippen LogP contribution in [0.3, 0.4) is 0 Å². The Balaban J connectivity index is 1.82. The molecule has 19 heavy (non-hydrogen) atoms. The van der Waals surface area contributed by atoms with Crippen LogP contribution < -0.4 is 14.2 Å². The van der Waals surface area contributed by atoms with E-state index >= 15 is 0 Å². The molecule has 0 saturated heterocycles. The molecule has 0 radical (unpaired) electrons. The molecule has 2 aromatic rings. The fourth-order valence-corrected chi connectivity index (χ4v) is 2.28. The largest absolute Gasteiger partial charge is 0.485 e. The van der Waals surface area contributed by atoms with Crippen molar-refractivity contribution in [1.82, 2.24) is 0 Å². The van der Waals surface area contributed by atoms with Crippen molar-refractivity contribution >= 4 is 15.9 Å². The molecule has 0 saturated carbocycles. The summed E-state index contributed by atoms with van der Waals surface area (Å²) in [4.78, 5) is 0. The lowest BCUT2D eigenvalue weighted by molar-refractivity contribution is 0.169. The summed E-state index contributed by atoms with van der Waals surface area (Å²) in [5, 5.41) is 0.755. The standard InChI is InChI=1S/C15H13BrO3/c16-8-12-6-13(15-14(7-12)18-10-19-15)17-9-11-4-2-1-3-5-11/h1-7H,8-10H2. The quantitative estimate of drug-likeness (QED) is 0.800. The second kappa shape index (κ2) is 5.53. The highest BCUT2D eigenvalue weighted by atomic mass is 79.9. The van der Waals surface area contributed by atoms with E-state index in [0.29, 0.717) is 12.4 Å². The van der Waals surface area contributed by atoms with Crippen LogP contribution in [0.4, 0.5) is 0 Å². The lowest BCUT2D eigenvalue weighted by atomic mass is 10.2. The van der Waals surface area contributed by atoms with Crippen molar-refractivity contribution in [3.8, 4) is 17.2 Å². The minimum absolute atomic E-state index is 0.253. The molecule has 1 aliphatic heterocycles. The van der Waals surface area contributed by atoms with Crippen molar-refractivity contribution in [3.05, 3.63) is 53.6 Å². The zero-order valence-corrected chi connectivity index (χ0v) is 11.9.